The van der Waals surface area contributed by atoms with Crippen molar-refractivity contribution in [2.75, 3.05) is 0 Å². The number of halogens is 4. The first-order chi connectivity index (χ1) is 7.48. The summed E-state index contributed by atoms with van der Waals surface area (Å²) >= 11 is 0. The molecule has 0 fully saturated rings. The molecule has 1 aromatic carbocycles. The van der Waals surface area contributed by atoms with Gasteiger partial charge in [0.2, 0.25) is 0 Å². The first-order valence-corrected chi connectivity index (χ1v) is 4.33. The molecule has 0 aliphatic rings. The van der Waals surface area contributed by atoms with Crippen molar-refractivity contribution in [2.45, 2.75) is 6.18 Å². The van der Waals surface area contributed by atoms with Crippen molar-refractivity contribution in [1.29, 1.82) is 0 Å². The third kappa shape index (κ3) is 1.91. The van der Waals surface area contributed by atoms with E-state index in [4.69, 9.17) is 0 Å². The molecule has 0 bridgehead atoms. The van der Waals surface area contributed by atoms with Crippen molar-refractivity contribution in [3.8, 4) is 5.69 Å². The Kier molecular flexibility index (Phi) is 2.41. The zero-order chi connectivity index (χ0) is 11.8. The monoisotopic (exact) mass is 230 g/mol. The van der Waals surface area contributed by atoms with Crippen LogP contribution in [0.25, 0.3) is 5.69 Å². The van der Waals surface area contributed by atoms with E-state index in [1.165, 1.54) is 29.4 Å². The number of alkyl halides is 3. The summed E-state index contributed by atoms with van der Waals surface area (Å²) in [5.74, 6) is -1.28. The van der Waals surface area contributed by atoms with Crippen LogP contribution in [0, 0.1) is 5.82 Å². The fourth-order valence-corrected chi connectivity index (χ4v) is 1.30. The lowest BCUT2D eigenvalue weighted by Crippen LogP contribution is -2.09. The summed E-state index contributed by atoms with van der Waals surface area (Å²) in [6.45, 7) is 0. The SMILES string of the molecule is Fc1ccc(-n2ccnc2)cc1C(F)(F)F. The van der Waals surface area contributed by atoms with Gasteiger partial charge in [0.1, 0.15) is 5.82 Å². The molecule has 16 heavy (non-hydrogen) atoms. The maximum atomic E-state index is 13.0. The van der Waals surface area contributed by atoms with Gasteiger partial charge in [-0.15, -0.1) is 0 Å². The molecule has 1 heterocycles. The zero-order valence-electron chi connectivity index (χ0n) is 7.87. The van der Waals surface area contributed by atoms with Crippen LogP contribution in [0.5, 0.6) is 0 Å². The third-order valence-electron chi connectivity index (χ3n) is 2.06. The predicted octanol–water partition coefficient (Wildman–Crippen LogP) is 3.03. The molecule has 0 unspecified atom stereocenters. The molecule has 0 amide bonds. The van der Waals surface area contributed by atoms with Crippen LogP contribution in [0.4, 0.5) is 17.6 Å². The Morgan fingerprint density at radius 3 is 2.50 bits per heavy atom. The molecule has 0 radical (unpaired) electrons. The summed E-state index contributed by atoms with van der Waals surface area (Å²) in [7, 11) is 0. The number of hydrogen-bond acceptors (Lipinski definition) is 1. The minimum absolute atomic E-state index is 0.214. The molecule has 84 valence electrons. The fraction of sp³-hybridized carbons (Fsp3) is 0.100. The van der Waals surface area contributed by atoms with E-state index in [1.54, 1.807) is 0 Å². The largest absolute Gasteiger partial charge is 0.419 e. The lowest BCUT2D eigenvalue weighted by molar-refractivity contribution is -0.140. The average Bonchev–Trinajstić information content (AvgIpc) is 2.69. The van der Waals surface area contributed by atoms with Gasteiger partial charge >= 0.3 is 6.18 Å². The molecule has 2 rings (SSSR count). The van der Waals surface area contributed by atoms with Crippen molar-refractivity contribution in [3.05, 3.63) is 48.3 Å². The Hall–Kier alpha value is -1.85. The molecule has 6 heteroatoms. The van der Waals surface area contributed by atoms with E-state index in [2.05, 4.69) is 4.98 Å². The number of benzene rings is 1. The highest BCUT2D eigenvalue weighted by molar-refractivity contribution is 5.37. The number of aromatic nitrogens is 2. The van der Waals surface area contributed by atoms with E-state index in [9.17, 15) is 17.6 Å². The van der Waals surface area contributed by atoms with Gasteiger partial charge in [-0.1, -0.05) is 0 Å². The van der Waals surface area contributed by atoms with Crippen LogP contribution >= 0.6 is 0 Å². The molecule has 2 aromatic rings. The summed E-state index contributed by atoms with van der Waals surface area (Å²) in [5, 5.41) is 0. The molecule has 0 aliphatic carbocycles. The van der Waals surface area contributed by atoms with Crippen LogP contribution < -0.4 is 0 Å². The van der Waals surface area contributed by atoms with E-state index in [0.29, 0.717) is 0 Å². The first kappa shape index (κ1) is 10.7. The standard InChI is InChI=1S/C10H6F4N2/c11-9-2-1-7(16-4-3-15-6-16)5-8(9)10(12,13)14/h1-6H. The summed E-state index contributed by atoms with van der Waals surface area (Å²) in [6.07, 6.45) is -0.446. The maximum Gasteiger partial charge on any atom is 0.419 e. The topological polar surface area (TPSA) is 17.8 Å². The average molecular weight is 230 g/mol. The lowest BCUT2D eigenvalue weighted by Gasteiger charge is -2.10. The number of nitrogens with zero attached hydrogens (tertiary/aromatic N) is 2. The van der Waals surface area contributed by atoms with Gasteiger partial charge in [0.15, 0.2) is 0 Å². The van der Waals surface area contributed by atoms with E-state index < -0.39 is 17.6 Å². The normalized spacial score (nSPS) is 11.8. The molecular weight excluding hydrogens is 224 g/mol. The third-order valence-corrected chi connectivity index (χ3v) is 2.06. The number of hydrogen-bond donors (Lipinski definition) is 0. The van der Waals surface area contributed by atoms with E-state index >= 15 is 0 Å². The van der Waals surface area contributed by atoms with Gasteiger partial charge in [-0.3, -0.25) is 0 Å². The van der Waals surface area contributed by atoms with Crippen molar-refractivity contribution in [2.24, 2.45) is 0 Å². The van der Waals surface area contributed by atoms with Crippen LogP contribution in [0.15, 0.2) is 36.9 Å². The van der Waals surface area contributed by atoms with Crippen molar-refractivity contribution in [1.82, 2.24) is 9.55 Å². The second-order valence-corrected chi connectivity index (χ2v) is 3.13. The van der Waals surface area contributed by atoms with Gasteiger partial charge in [-0.05, 0) is 18.2 Å². The van der Waals surface area contributed by atoms with Gasteiger partial charge < -0.3 is 4.57 Å². The summed E-state index contributed by atoms with van der Waals surface area (Å²) in [5.41, 5.74) is -1.06. The van der Waals surface area contributed by atoms with E-state index in [0.717, 1.165) is 12.1 Å². The number of rotatable bonds is 1. The minimum Gasteiger partial charge on any atom is -0.306 e. The molecular formula is C10H6F4N2. The first-order valence-electron chi connectivity index (χ1n) is 4.33. The van der Waals surface area contributed by atoms with Gasteiger partial charge in [0, 0.05) is 18.1 Å². The van der Waals surface area contributed by atoms with Gasteiger partial charge in [-0.25, -0.2) is 9.37 Å². The Morgan fingerprint density at radius 2 is 1.94 bits per heavy atom. The molecule has 0 atom stereocenters. The molecule has 0 aliphatic heterocycles. The maximum absolute atomic E-state index is 13.0. The molecule has 0 saturated carbocycles. The predicted molar refractivity (Wildman–Crippen MR) is 48.5 cm³/mol. The van der Waals surface area contributed by atoms with Crippen LogP contribution in [-0.2, 0) is 6.18 Å². The summed E-state index contributed by atoms with van der Waals surface area (Å²) in [6, 6.07) is 2.79. The van der Waals surface area contributed by atoms with Crippen LogP contribution in [0.2, 0.25) is 0 Å². The highest BCUT2D eigenvalue weighted by Crippen LogP contribution is 2.32. The summed E-state index contributed by atoms with van der Waals surface area (Å²) in [4.78, 5) is 3.70. The van der Waals surface area contributed by atoms with Crippen LogP contribution in [-0.4, -0.2) is 9.55 Å². The molecule has 2 nitrogen and oxygen atoms in total. The van der Waals surface area contributed by atoms with Gasteiger partial charge in [0.25, 0.3) is 0 Å². The smallest absolute Gasteiger partial charge is 0.306 e. The second-order valence-electron chi connectivity index (χ2n) is 3.13. The summed E-state index contributed by atoms with van der Waals surface area (Å²) < 4.78 is 51.5. The Bertz CT molecular complexity index is 488. The Labute approximate surface area is 88.2 Å². The number of imidazole rings is 1. The van der Waals surface area contributed by atoms with Crippen molar-refractivity contribution < 1.29 is 17.6 Å². The highest BCUT2D eigenvalue weighted by atomic mass is 19.4. The fourth-order valence-electron chi connectivity index (χ4n) is 1.30. The van der Waals surface area contributed by atoms with Gasteiger partial charge in [-0.2, -0.15) is 13.2 Å². The minimum atomic E-state index is -4.69. The molecule has 0 saturated heterocycles. The molecule has 1 aromatic heterocycles. The zero-order valence-corrected chi connectivity index (χ0v) is 7.87. The van der Waals surface area contributed by atoms with E-state index in [-0.39, 0.29) is 5.69 Å². The highest BCUT2D eigenvalue weighted by Gasteiger charge is 2.34. The molecule has 0 spiro atoms. The Morgan fingerprint density at radius 1 is 1.19 bits per heavy atom. The second kappa shape index (κ2) is 3.62. The van der Waals surface area contributed by atoms with E-state index in [1.807, 2.05) is 0 Å². The van der Waals surface area contributed by atoms with Crippen LogP contribution in [0.3, 0.4) is 0 Å². The van der Waals surface area contributed by atoms with Gasteiger partial charge in [0.05, 0.1) is 11.9 Å². The lowest BCUT2D eigenvalue weighted by atomic mass is 10.2. The van der Waals surface area contributed by atoms with Crippen LogP contribution in [0.1, 0.15) is 5.56 Å². The quantitative estimate of drug-likeness (QED) is 0.688. The Balaban J connectivity index is 2.52. The van der Waals surface area contributed by atoms with Crippen molar-refractivity contribution in [3.63, 3.8) is 0 Å². The van der Waals surface area contributed by atoms with Crippen molar-refractivity contribution >= 4 is 0 Å². The molecule has 0 N–H and O–H groups in total.